The predicted octanol–water partition coefficient (Wildman–Crippen LogP) is 3.27. The second-order valence-electron chi connectivity index (χ2n) is 7.16. The van der Waals surface area contributed by atoms with Crippen molar-refractivity contribution in [2.24, 2.45) is 5.92 Å². The molecule has 3 heterocycles. The van der Waals surface area contributed by atoms with Gasteiger partial charge in [0, 0.05) is 18.8 Å². The summed E-state index contributed by atoms with van der Waals surface area (Å²) in [7, 11) is 0. The van der Waals surface area contributed by atoms with Gasteiger partial charge in [0.25, 0.3) is 0 Å². The first-order valence-electron chi connectivity index (χ1n) is 9.62. The van der Waals surface area contributed by atoms with Crippen LogP contribution in [-0.2, 0) is 4.79 Å². The monoisotopic (exact) mass is 423 g/mol. The van der Waals surface area contributed by atoms with E-state index in [1.807, 2.05) is 30.3 Å². The van der Waals surface area contributed by atoms with Crippen LogP contribution < -0.4 is 10.2 Å². The lowest BCUT2D eigenvalue weighted by molar-refractivity contribution is -0.120. The van der Waals surface area contributed by atoms with Crippen LogP contribution in [0.4, 0.5) is 15.2 Å². The highest BCUT2D eigenvalue weighted by Gasteiger charge is 2.27. The van der Waals surface area contributed by atoms with E-state index in [4.69, 9.17) is 0 Å². The topological polar surface area (TPSA) is 88.8 Å². The third-order valence-corrected chi connectivity index (χ3v) is 6.25. The standard InChI is InChI=1S/C20H18FN7OS/c21-16-4-1-5-17-18(16)24-20(30-17)27-10-2-3-13(11-27)19(29)23-14-6-8-15(9-7-14)28-12-22-25-26-28/h1,4-9,12-13H,2-3,10-11H2,(H,23,29). The molecule has 30 heavy (non-hydrogen) atoms. The SMILES string of the molecule is O=C(Nc1ccc(-n2cnnn2)cc1)C1CCCN(c2nc3c(F)cccc3s2)C1. The van der Waals surface area contributed by atoms with Crippen molar-refractivity contribution in [3.05, 3.63) is 54.6 Å². The van der Waals surface area contributed by atoms with Crippen molar-refractivity contribution < 1.29 is 9.18 Å². The van der Waals surface area contributed by atoms with Crippen LogP contribution in [0.15, 0.2) is 48.8 Å². The first kappa shape index (κ1) is 18.6. The lowest BCUT2D eigenvalue weighted by Gasteiger charge is -2.31. The molecule has 4 aromatic rings. The molecule has 0 saturated carbocycles. The summed E-state index contributed by atoms with van der Waals surface area (Å²) in [5, 5.41) is 14.8. The molecule has 10 heteroatoms. The van der Waals surface area contributed by atoms with E-state index in [-0.39, 0.29) is 17.6 Å². The van der Waals surface area contributed by atoms with Crippen molar-refractivity contribution in [1.29, 1.82) is 0 Å². The summed E-state index contributed by atoms with van der Waals surface area (Å²) in [5.41, 5.74) is 1.92. The Morgan fingerprint density at radius 2 is 2.07 bits per heavy atom. The molecular formula is C20H18FN7OS. The summed E-state index contributed by atoms with van der Waals surface area (Å²) < 4.78 is 16.3. The molecule has 8 nitrogen and oxygen atoms in total. The Kier molecular flexibility index (Phi) is 4.83. The molecule has 1 saturated heterocycles. The molecular weight excluding hydrogens is 405 g/mol. The van der Waals surface area contributed by atoms with Crippen LogP contribution in [-0.4, -0.2) is 44.2 Å². The van der Waals surface area contributed by atoms with Gasteiger partial charge in [-0.25, -0.2) is 14.1 Å². The normalized spacial score (nSPS) is 16.7. The quantitative estimate of drug-likeness (QED) is 0.542. The first-order valence-corrected chi connectivity index (χ1v) is 10.4. The Bertz CT molecular complexity index is 1180. The molecule has 0 radical (unpaired) electrons. The number of piperidine rings is 1. The molecule has 1 unspecified atom stereocenters. The number of tetrazole rings is 1. The predicted molar refractivity (Wildman–Crippen MR) is 112 cm³/mol. The molecule has 2 aromatic carbocycles. The molecule has 1 fully saturated rings. The van der Waals surface area contributed by atoms with E-state index >= 15 is 0 Å². The minimum atomic E-state index is -0.313. The lowest BCUT2D eigenvalue weighted by atomic mass is 9.97. The van der Waals surface area contributed by atoms with Crippen molar-refractivity contribution in [2.45, 2.75) is 12.8 Å². The molecule has 0 bridgehead atoms. The van der Waals surface area contributed by atoms with E-state index in [1.165, 1.54) is 23.7 Å². The van der Waals surface area contributed by atoms with Gasteiger partial charge in [-0.05, 0) is 59.7 Å². The summed E-state index contributed by atoms with van der Waals surface area (Å²) in [4.78, 5) is 19.4. The maximum Gasteiger partial charge on any atom is 0.229 e. The van der Waals surface area contributed by atoms with Gasteiger partial charge in [0.1, 0.15) is 17.7 Å². The minimum Gasteiger partial charge on any atom is -0.347 e. The van der Waals surface area contributed by atoms with Crippen molar-refractivity contribution in [1.82, 2.24) is 25.2 Å². The van der Waals surface area contributed by atoms with Crippen LogP contribution in [0.25, 0.3) is 15.9 Å². The lowest BCUT2D eigenvalue weighted by Crippen LogP contribution is -2.40. The van der Waals surface area contributed by atoms with Crippen molar-refractivity contribution in [3.63, 3.8) is 0 Å². The zero-order valence-corrected chi connectivity index (χ0v) is 16.7. The number of hydrogen-bond acceptors (Lipinski definition) is 7. The molecule has 0 aliphatic carbocycles. The summed E-state index contributed by atoms with van der Waals surface area (Å²) in [6.45, 7) is 1.38. The zero-order chi connectivity index (χ0) is 20.5. The number of para-hydroxylation sites is 1. The van der Waals surface area contributed by atoms with Crippen LogP contribution in [0.5, 0.6) is 0 Å². The number of aromatic nitrogens is 5. The third kappa shape index (κ3) is 3.61. The number of nitrogens with zero attached hydrogens (tertiary/aromatic N) is 6. The van der Waals surface area contributed by atoms with Gasteiger partial charge in [0.2, 0.25) is 5.91 Å². The minimum absolute atomic E-state index is 0.0258. The van der Waals surface area contributed by atoms with Gasteiger partial charge in [-0.1, -0.05) is 17.4 Å². The fourth-order valence-electron chi connectivity index (χ4n) is 3.62. The average Bonchev–Trinajstić information content (AvgIpc) is 3.45. The number of hydrogen-bond donors (Lipinski definition) is 1. The van der Waals surface area contributed by atoms with Crippen molar-refractivity contribution in [2.75, 3.05) is 23.3 Å². The first-order chi connectivity index (χ1) is 14.7. The van der Waals surface area contributed by atoms with Gasteiger partial charge in [-0.2, -0.15) is 0 Å². The number of rotatable bonds is 4. The van der Waals surface area contributed by atoms with Crippen molar-refractivity contribution in [3.8, 4) is 5.69 Å². The Morgan fingerprint density at radius 3 is 2.83 bits per heavy atom. The summed E-state index contributed by atoms with van der Waals surface area (Å²) >= 11 is 1.46. The number of thiazole rings is 1. The summed E-state index contributed by atoms with van der Waals surface area (Å²) in [5.74, 6) is -0.497. The molecule has 1 amide bonds. The van der Waals surface area contributed by atoms with E-state index < -0.39 is 0 Å². The average molecular weight is 423 g/mol. The Balaban J connectivity index is 1.27. The smallest absolute Gasteiger partial charge is 0.229 e. The molecule has 1 aliphatic heterocycles. The number of carbonyl (C=O) groups excluding carboxylic acids is 1. The number of nitrogens with one attached hydrogen (secondary N) is 1. The number of carbonyl (C=O) groups is 1. The summed E-state index contributed by atoms with van der Waals surface area (Å²) in [6, 6.07) is 12.3. The number of amides is 1. The van der Waals surface area contributed by atoms with Crippen LogP contribution in [0, 0.1) is 11.7 Å². The van der Waals surface area contributed by atoms with Crippen LogP contribution in [0.2, 0.25) is 0 Å². The van der Waals surface area contributed by atoms with E-state index in [1.54, 1.807) is 10.7 Å². The van der Waals surface area contributed by atoms with Gasteiger partial charge >= 0.3 is 0 Å². The second kappa shape index (κ2) is 7.79. The van der Waals surface area contributed by atoms with Gasteiger partial charge in [0.05, 0.1) is 16.3 Å². The fourth-order valence-corrected chi connectivity index (χ4v) is 4.64. The van der Waals surface area contributed by atoms with E-state index in [0.29, 0.717) is 12.1 Å². The highest BCUT2D eigenvalue weighted by molar-refractivity contribution is 7.22. The fraction of sp³-hybridized carbons (Fsp3) is 0.250. The molecule has 1 atom stereocenters. The molecule has 5 rings (SSSR count). The maximum absolute atomic E-state index is 14.0. The van der Waals surface area contributed by atoms with Crippen LogP contribution in [0.1, 0.15) is 12.8 Å². The maximum atomic E-state index is 14.0. The van der Waals surface area contributed by atoms with Crippen molar-refractivity contribution >= 4 is 38.3 Å². The van der Waals surface area contributed by atoms with Gasteiger partial charge < -0.3 is 10.2 Å². The van der Waals surface area contributed by atoms with Crippen LogP contribution >= 0.6 is 11.3 Å². The number of fused-ring (bicyclic) bond motifs is 1. The number of halogens is 1. The number of anilines is 2. The highest BCUT2D eigenvalue weighted by Crippen LogP contribution is 2.32. The highest BCUT2D eigenvalue weighted by atomic mass is 32.1. The Morgan fingerprint density at radius 1 is 1.20 bits per heavy atom. The summed E-state index contributed by atoms with van der Waals surface area (Å²) in [6.07, 6.45) is 3.21. The Hall–Kier alpha value is -3.40. The largest absolute Gasteiger partial charge is 0.347 e. The van der Waals surface area contributed by atoms with Crippen LogP contribution in [0.3, 0.4) is 0 Å². The number of benzene rings is 2. The van der Waals surface area contributed by atoms with Gasteiger partial charge in [-0.15, -0.1) is 5.10 Å². The van der Waals surface area contributed by atoms with E-state index in [0.717, 1.165) is 40.6 Å². The third-order valence-electron chi connectivity index (χ3n) is 5.17. The zero-order valence-electron chi connectivity index (χ0n) is 15.9. The molecule has 0 spiro atoms. The van der Waals surface area contributed by atoms with Gasteiger partial charge in [-0.3, -0.25) is 4.79 Å². The molecule has 1 N–H and O–H groups in total. The molecule has 1 aliphatic rings. The second-order valence-corrected chi connectivity index (χ2v) is 8.17. The molecule has 2 aromatic heterocycles. The van der Waals surface area contributed by atoms with E-state index in [9.17, 15) is 9.18 Å². The molecule has 152 valence electrons. The van der Waals surface area contributed by atoms with Gasteiger partial charge in [0.15, 0.2) is 5.13 Å². The van der Waals surface area contributed by atoms with E-state index in [2.05, 4.69) is 30.7 Å². The Labute approximate surface area is 175 Å².